The van der Waals surface area contributed by atoms with Gasteiger partial charge in [0.2, 0.25) is 0 Å². The first-order chi connectivity index (χ1) is 6.81. The fraction of sp³-hybridized carbons (Fsp3) is 1.00. The van der Waals surface area contributed by atoms with Crippen LogP contribution in [0.3, 0.4) is 0 Å². The molecule has 4 nitrogen and oxygen atoms in total. The fourth-order valence-corrected chi connectivity index (χ4v) is 1.09. The van der Waals surface area contributed by atoms with Crippen molar-refractivity contribution >= 4 is 0 Å². The quantitative estimate of drug-likeness (QED) is 0.618. The van der Waals surface area contributed by atoms with Crippen LogP contribution in [0, 0.1) is 0 Å². The second-order valence-corrected chi connectivity index (χ2v) is 4.20. The van der Waals surface area contributed by atoms with Gasteiger partial charge in [-0.15, -0.1) is 0 Å². The fourth-order valence-electron chi connectivity index (χ4n) is 1.09. The van der Waals surface area contributed by atoms with Crippen LogP contribution in [0.25, 0.3) is 0 Å². The minimum atomic E-state index is -1.39. The molecule has 0 aliphatic rings. The van der Waals surface area contributed by atoms with Gasteiger partial charge in [0, 0.05) is 7.11 Å². The maximum Gasteiger partial charge on any atom is 0.413 e. The largest absolute Gasteiger partial charge is 0.413 e. The lowest BCUT2D eigenvalue weighted by Crippen LogP contribution is -2.46. The maximum absolute atomic E-state index is 5.54. The second kappa shape index (κ2) is 6.43. The molecule has 0 aromatic carbocycles. The van der Waals surface area contributed by atoms with Crippen molar-refractivity contribution in [2.24, 2.45) is 0 Å². The van der Waals surface area contributed by atoms with Gasteiger partial charge in [-0.25, -0.2) is 0 Å². The Labute approximate surface area is 92.8 Å². The summed E-state index contributed by atoms with van der Waals surface area (Å²) in [6.45, 7) is 11.4. The zero-order valence-electron chi connectivity index (χ0n) is 10.9. The van der Waals surface area contributed by atoms with E-state index < -0.39 is 6.16 Å². The van der Waals surface area contributed by atoms with E-state index in [1.807, 2.05) is 41.5 Å². The van der Waals surface area contributed by atoms with Crippen LogP contribution in [0.15, 0.2) is 0 Å². The molecule has 0 saturated heterocycles. The summed E-state index contributed by atoms with van der Waals surface area (Å²) in [6.07, 6.45) is -1.51. The van der Waals surface area contributed by atoms with E-state index >= 15 is 0 Å². The van der Waals surface area contributed by atoms with E-state index in [0.29, 0.717) is 0 Å². The van der Waals surface area contributed by atoms with Crippen LogP contribution < -0.4 is 0 Å². The molecule has 0 atom stereocenters. The Morgan fingerprint density at radius 3 is 1.07 bits per heavy atom. The molecule has 92 valence electrons. The number of rotatable bonds is 7. The highest BCUT2D eigenvalue weighted by molar-refractivity contribution is 4.51. The predicted octanol–water partition coefficient (Wildman–Crippen LogP) is 2.52. The lowest BCUT2D eigenvalue weighted by Gasteiger charge is -2.35. The van der Waals surface area contributed by atoms with Gasteiger partial charge in [0.1, 0.15) is 0 Å². The topological polar surface area (TPSA) is 36.9 Å². The average Bonchev–Trinajstić information content (AvgIpc) is 1.99. The summed E-state index contributed by atoms with van der Waals surface area (Å²) in [4.78, 5) is 0. The van der Waals surface area contributed by atoms with Crippen molar-refractivity contribution in [1.82, 2.24) is 0 Å². The Balaban J connectivity index is 4.59. The van der Waals surface area contributed by atoms with Crippen LogP contribution in [0.5, 0.6) is 0 Å². The molecule has 0 bridgehead atoms. The van der Waals surface area contributed by atoms with Crippen molar-refractivity contribution in [2.75, 3.05) is 7.11 Å². The second-order valence-electron chi connectivity index (χ2n) is 4.20. The van der Waals surface area contributed by atoms with Gasteiger partial charge < -0.3 is 18.9 Å². The number of hydrogen-bond acceptors (Lipinski definition) is 4. The third kappa shape index (κ3) is 6.10. The van der Waals surface area contributed by atoms with Crippen LogP contribution in [-0.2, 0) is 18.9 Å². The number of ether oxygens (including phenoxy) is 4. The van der Waals surface area contributed by atoms with E-state index in [1.165, 1.54) is 7.11 Å². The van der Waals surface area contributed by atoms with Gasteiger partial charge in [-0.05, 0) is 41.5 Å². The Kier molecular flexibility index (Phi) is 6.36. The minimum Gasteiger partial charge on any atom is -0.307 e. The monoisotopic (exact) mass is 220 g/mol. The molecule has 0 N–H and O–H groups in total. The van der Waals surface area contributed by atoms with Crippen LogP contribution in [-0.4, -0.2) is 31.6 Å². The van der Waals surface area contributed by atoms with Crippen LogP contribution >= 0.6 is 0 Å². The molecule has 0 radical (unpaired) electrons. The van der Waals surface area contributed by atoms with Crippen molar-refractivity contribution in [3.8, 4) is 0 Å². The van der Waals surface area contributed by atoms with Gasteiger partial charge in [-0.2, -0.15) is 0 Å². The van der Waals surface area contributed by atoms with Crippen molar-refractivity contribution in [2.45, 2.75) is 66.0 Å². The molecule has 0 heterocycles. The summed E-state index contributed by atoms with van der Waals surface area (Å²) in [7, 11) is 1.51. The highest BCUT2D eigenvalue weighted by atomic mass is 17.0. The van der Waals surface area contributed by atoms with Crippen LogP contribution in [0.4, 0.5) is 0 Å². The standard InChI is InChI=1S/C11H24O4/c1-8(2)13-11(12-7,14-9(3)4)15-10(5)6/h8-10H,1-7H3. The van der Waals surface area contributed by atoms with Gasteiger partial charge in [-0.1, -0.05) is 0 Å². The average molecular weight is 220 g/mol. The van der Waals surface area contributed by atoms with Crippen LogP contribution in [0.1, 0.15) is 41.5 Å². The molecule has 0 rings (SSSR count). The molecule has 0 aromatic rings. The minimum absolute atomic E-state index is 0.0394. The summed E-state index contributed by atoms with van der Waals surface area (Å²) in [5, 5.41) is 0. The molecule has 0 spiro atoms. The van der Waals surface area contributed by atoms with Crippen molar-refractivity contribution < 1.29 is 18.9 Å². The highest BCUT2D eigenvalue weighted by Gasteiger charge is 2.37. The first kappa shape index (κ1) is 14.8. The molecule has 0 unspecified atom stereocenters. The lowest BCUT2D eigenvalue weighted by atomic mass is 10.4. The Morgan fingerprint density at radius 1 is 0.667 bits per heavy atom. The molecule has 0 saturated carbocycles. The maximum atomic E-state index is 5.54. The van der Waals surface area contributed by atoms with Crippen molar-refractivity contribution in [3.63, 3.8) is 0 Å². The molecular formula is C11H24O4. The molecule has 0 amide bonds. The number of methoxy groups -OCH3 is 1. The molecule has 0 aliphatic heterocycles. The zero-order chi connectivity index (χ0) is 12.1. The van der Waals surface area contributed by atoms with E-state index in [9.17, 15) is 0 Å². The van der Waals surface area contributed by atoms with Gasteiger partial charge in [0.25, 0.3) is 0 Å². The summed E-state index contributed by atoms with van der Waals surface area (Å²) in [5.41, 5.74) is 0. The summed E-state index contributed by atoms with van der Waals surface area (Å²) in [6, 6.07) is 0. The zero-order valence-corrected chi connectivity index (χ0v) is 10.9. The Morgan fingerprint density at radius 2 is 0.933 bits per heavy atom. The van der Waals surface area contributed by atoms with E-state index in [-0.39, 0.29) is 18.3 Å². The number of hydrogen-bond donors (Lipinski definition) is 0. The summed E-state index contributed by atoms with van der Waals surface area (Å²) >= 11 is 0. The highest BCUT2D eigenvalue weighted by Crippen LogP contribution is 2.22. The molecule has 0 aromatic heterocycles. The van der Waals surface area contributed by atoms with E-state index in [2.05, 4.69) is 0 Å². The normalized spacial score (nSPS) is 13.2. The predicted molar refractivity (Wildman–Crippen MR) is 58.4 cm³/mol. The Bertz CT molecular complexity index is 139. The lowest BCUT2D eigenvalue weighted by molar-refractivity contribution is -0.513. The molecule has 0 aliphatic carbocycles. The van der Waals surface area contributed by atoms with Gasteiger partial charge in [0.15, 0.2) is 0 Å². The smallest absolute Gasteiger partial charge is 0.307 e. The van der Waals surface area contributed by atoms with E-state index in [0.717, 1.165) is 0 Å². The third-order valence-electron chi connectivity index (χ3n) is 1.39. The van der Waals surface area contributed by atoms with E-state index in [1.54, 1.807) is 0 Å². The molecule has 0 fully saturated rings. The third-order valence-corrected chi connectivity index (χ3v) is 1.39. The SMILES string of the molecule is COC(OC(C)C)(OC(C)C)OC(C)C. The van der Waals surface area contributed by atoms with Gasteiger partial charge >= 0.3 is 6.16 Å². The van der Waals surface area contributed by atoms with Crippen LogP contribution in [0.2, 0.25) is 0 Å². The van der Waals surface area contributed by atoms with Gasteiger partial charge in [-0.3, -0.25) is 0 Å². The molecular weight excluding hydrogens is 196 g/mol. The Hall–Kier alpha value is -0.160. The van der Waals surface area contributed by atoms with Crippen molar-refractivity contribution in [3.05, 3.63) is 0 Å². The molecule has 4 heteroatoms. The van der Waals surface area contributed by atoms with Crippen molar-refractivity contribution in [1.29, 1.82) is 0 Å². The first-order valence-corrected chi connectivity index (χ1v) is 5.40. The summed E-state index contributed by atoms with van der Waals surface area (Å²) < 4.78 is 21.8. The van der Waals surface area contributed by atoms with E-state index in [4.69, 9.17) is 18.9 Å². The first-order valence-electron chi connectivity index (χ1n) is 5.40. The summed E-state index contributed by atoms with van der Waals surface area (Å²) in [5.74, 6) is 0. The van der Waals surface area contributed by atoms with Gasteiger partial charge in [0.05, 0.1) is 18.3 Å². The molecule has 15 heavy (non-hydrogen) atoms.